The van der Waals surface area contributed by atoms with Crippen LogP contribution in [0.2, 0.25) is 0 Å². The molecule has 0 aliphatic heterocycles. The molecule has 142 valence electrons. The van der Waals surface area contributed by atoms with Gasteiger partial charge in [-0.25, -0.2) is 4.68 Å². The number of nitrogens with zero attached hydrogens (tertiary/aromatic N) is 3. The van der Waals surface area contributed by atoms with Crippen LogP contribution in [0.3, 0.4) is 0 Å². The molecule has 0 radical (unpaired) electrons. The average molecular weight is 378 g/mol. The fourth-order valence-electron chi connectivity index (χ4n) is 2.43. The quantitative estimate of drug-likeness (QED) is 0.567. The molecule has 26 heavy (non-hydrogen) atoms. The highest BCUT2D eigenvalue weighted by molar-refractivity contribution is 7.99. The van der Waals surface area contributed by atoms with Crippen LogP contribution in [-0.4, -0.2) is 46.3 Å². The van der Waals surface area contributed by atoms with Gasteiger partial charge in [0, 0.05) is 18.7 Å². The Hall–Kier alpha value is -2.06. The fraction of sp³-hybridized carbons (Fsp3) is 0.500. The number of nitrogen functional groups attached to an aromatic ring is 1. The molecule has 1 heterocycles. The Morgan fingerprint density at radius 1 is 1.31 bits per heavy atom. The highest BCUT2D eigenvalue weighted by Crippen LogP contribution is 2.26. The number of carbonyl (C=O) groups is 1. The van der Waals surface area contributed by atoms with E-state index in [2.05, 4.69) is 48.4 Å². The molecule has 0 bridgehead atoms. The number of carbonyl (C=O) groups excluding carboxylic acids is 1. The number of methoxy groups -OCH3 is 1. The van der Waals surface area contributed by atoms with Crippen molar-refractivity contribution in [3.63, 3.8) is 0 Å². The van der Waals surface area contributed by atoms with E-state index in [-0.39, 0.29) is 23.1 Å². The number of hydrogen-bond donors (Lipinski definition) is 2. The van der Waals surface area contributed by atoms with Crippen molar-refractivity contribution in [3.05, 3.63) is 29.8 Å². The van der Waals surface area contributed by atoms with Crippen LogP contribution in [0.15, 0.2) is 29.4 Å². The van der Waals surface area contributed by atoms with E-state index in [1.165, 1.54) is 22.0 Å². The Balaban J connectivity index is 2.02. The van der Waals surface area contributed by atoms with E-state index in [1.807, 2.05) is 19.1 Å². The number of nitrogens with two attached hydrogens (primary N) is 1. The number of rotatable bonds is 7. The maximum absolute atomic E-state index is 11.9. The van der Waals surface area contributed by atoms with Gasteiger partial charge in [0.15, 0.2) is 5.82 Å². The molecule has 2 rings (SSSR count). The predicted molar refractivity (Wildman–Crippen MR) is 105 cm³/mol. The van der Waals surface area contributed by atoms with Crippen molar-refractivity contribution >= 4 is 17.7 Å². The molecule has 1 aromatic heterocycles. The Morgan fingerprint density at radius 2 is 1.96 bits per heavy atom. The van der Waals surface area contributed by atoms with Crippen LogP contribution >= 0.6 is 11.8 Å². The minimum absolute atomic E-state index is 0.0410. The van der Waals surface area contributed by atoms with Gasteiger partial charge in [-0.1, -0.05) is 56.8 Å². The summed E-state index contributed by atoms with van der Waals surface area (Å²) in [6.07, 6.45) is 0. The van der Waals surface area contributed by atoms with Crippen molar-refractivity contribution in [2.24, 2.45) is 0 Å². The minimum Gasteiger partial charge on any atom is -0.383 e. The number of thioether (sulfide) groups is 1. The summed E-state index contributed by atoms with van der Waals surface area (Å²) in [6, 6.07) is 8.08. The SMILES string of the molecule is COCC(C)NC(=O)CSc1nnc(-c2ccc(C(C)(C)C)cc2)n1N. The van der Waals surface area contributed by atoms with E-state index in [0.29, 0.717) is 17.6 Å². The molecule has 3 N–H and O–H groups in total. The molecule has 0 fully saturated rings. The smallest absolute Gasteiger partial charge is 0.230 e. The number of amides is 1. The summed E-state index contributed by atoms with van der Waals surface area (Å²) >= 11 is 1.25. The molecule has 0 aliphatic rings. The molecule has 0 aliphatic carbocycles. The lowest BCUT2D eigenvalue weighted by molar-refractivity contribution is -0.119. The number of benzene rings is 1. The van der Waals surface area contributed by atoms with E-state index < -0.39 is 0 Å². The van der Waals surface area contributed by atoms with E-state index >= 15 is 0 Å². The first kappa shape index (κ1) is 20.3. The number of aromatic nitrogens is 3. The second kappa shape index (κ2) is 8.55. The topological polar surface area (TPSA) is 95.1 Å². The lowest BCUT2D eigenvalue weighted by Crippen LogP contribution is -2.36. The van der Waals surface area contributed by atoms with Crippen LogP contribution in [0.5, 0.6) is 0 Å². The molecular weight excluding hydrogens is 350 g/mol. The van der Waals surface area contributed by atoms with Gasteiger partial charge >= 0.3 is 0 Å². The third-order valence-electron chi connectivity index (χ3n) is 3.83. The van der Waals surface area contributed by atoms with Crippen LogP contribution in [0, 0.1) is 0 Å². The minimum atomic E-state index is -0.0985. The fourth-order valence-corrected chi connectivity index (χ4v) is 3.10. The molecule has 0 saturated heterocycles. The third-order valence-corrected chi connectivity index (χ3v) is 4.77. The van der Waals surface area contributed by atoms with Gasteiger partial charge in [-0.05, 0) is 17.9 Å². The van der Waals surface area contributed by atoms with Gasteiger partial charge in [0.1, 0.15) is 0 Å². The molecule has 2 aromatic rings. The van der Waals surface area contributed by atoms with Gasteiger partial charge in [0.2, 0.25) is 11.1 Å². The van der Waals surface area contributed by atoms with Gasteiger partial charge in [-0.15, -0.1) is 10.2 Å². The van der Waals surface area contributed by atoms with Crippen molar-refractivity contribution in [1.29, 1.82) is 0 Å². The lowest BCUT2D eigenvalue weighted by Gasteiger charge is -2.19. The first-order valence-electron chi connectivity index (χ1n) is 8.45. The van der Waals surface area contributed by atoms with Gasteiger partial charge in [0.25, 0.3) is 0 Å². The Labute approximate surface area is 158 Å². The van der Waals surface area contributed by atoms with Crippen molar-refractivity contribution < 1.29 is 9.53 Å². The number of ether oxygens (including phenoxy) is 1. The number of hydrogen-bond acceptors (Lipinski definition) is 6. The monoisotopic (exact) mass is 377 g/mol. The number of nitrogens with one attached hydrogen (secondary N) is 1. The van der Waals surface area contributed by atoms with Crippen LogP contribution in [0.1, 0.15) is 33.3 Å². The molecule has 1 aromatic carbocycles. The maximum Gasteiger partial charge on any atom is 0.230 e. The second-order valence-corrected chi connectivity index (χ2v) is 8.16. The largest absolute Gasteiger partial charge is 0.383 e. The molecule has 7 nitrogen and oxygen atoms in total. The van der Waals surface area contributed by atoms with E-state index in [9.17, 15) is 4.79 Å². The molecule has 1 amide bonds. The summed E-state index contributed by atoms with van der Waals surface area (Å²) in [7, 11) is 1.60. The molecule has 0 saturated carbocycles. The van der Waals surface area contributed by atoms with Gasteiger partial charge < -0.3 is 15.9 Å². The molecular formula is C18H27N5O2S. The molecule has 1 unspecified atom stereocenters. The van der Waals surface area contributed by atoms with Crippen molar-refractivity contribution in [1.82, 2.24) is 20.2 Å². The van der Waals surface area contributed by atoms with E-state index in [0.717, 1.165) is 5.56 Å². The summed E-state index contributed by atoms with van der Waals surface area (Å²) in [6.45, 7) is 8.86. The zero-order valence-electron chi connectivity index (χ0n) is 15.9. The van der Waals surface area contributed by atoms with Crippen molar-refractivity contribution in [3.8, 4) is 11.4 Å². The Morgan fingerprint density at radius 3 is 2.54 bits per heavy atom. The lowest BCUT2D eigenvalue weighted by atomic mass is 9.87. The van der Waals surface area contributed by atoms with Gasteiger partial charge in [-0.2, -0.15) is 0 Å². The van der Waals surface area contributed by atoms with E-state index in [4.69, 9.17) is 10.6 Å². The summed E-state index contributed by atoms with van der Waals surface area (Å²) in [5.74, 6) is 6.80. The van der Waals surface area contributed by atoms with Gasteiger partial charge in [-0.3, -0.25) is 4.79 Å². The first-order chi connectivity index (χ1) is 12.2. The standard InChI is InChI=1S/C18H27N5O2S/c1-12(10-25-5)20-15(24)11-26-17-22-21-16(23(17)19)13-6-8-14(9-7-13)18(2,3)4/h6-9,12H,10-11,19H2,1-5H3,(H,20,24). The molecule has 0 spiro atoms. The first-order valence-corrected chi connectivity index (χ1v) is 9.43. The summed E-state index contributed by atoms with van der Waals surface area (Å²) in [4.78, 5) is 11.9. The zero-order chi connectivity index (χ0) is 19.3. The summed E-state index contributed by atoms with van der Waals surface area (Å²) in [5.41, 5.74) is 2.21. The third kappa shape index (κ3) is 5.22. The van der Waals surface area contributed by atoms with Crippen molar-refractivity contribution in [2.45, 2.75) is 44.3 Å². The Kier molecular flexibility index (Phi) is 6.66. The predicted octanol–water partition coefficient (Wildman–Crippen LogP) is 2.20. The van der Waals surface area contributed by atoms with Crippen LogP contribution in [-0.2, 0) is 14.9 Å². The van der Waals surface area contributed by atoms with Crippen LogP contribution in [0.25, 0.3) is 11.4 Å². The van der Waals surface area contributed by atoms with Crippen LogP contribution in [0.4, 0.5) is 0 Å². The second-order valence-electron chi connectivity index (χ2n) is 7.22. The van der Waals surface area contributed by atoms with Crippen LogP contribution < -0.4 is 11.2 Å². The summed E-state index contributed by atoms with van der Waals surface area (Å²) in [5, 5.41) is 11.6. The Bertz CT molecular complexity index is 737. The van der Waals surface area contributed by atoms with Gasteiger partial charge in [0.05, 0.1) is 12.4 Å². The zero-order valence-corrected chi connectivity index (χ0v) is 16.8. The van der Waals surface area contributed by atoms with E-state index in [1.54, 1.807) is 7.11 Å². The average Bonchev–Trinajstić information content (AvgIpc) is 2.93. The van der Waals surface area contributed by atoms with Crippen molar-refractivity contribution in [2.75, 3.05) is 25.3 Å². The highest BCUT2D eigenvalue weighted by Gasteiger charge is 2.17. The summed E-state index contributed by atoms with van der Waals surface area (Å²) < 4.78 is 6.42. The molecule has 8 heteroatoms. The molecule has 1 atom stereocenters. The maximum atomic E-state index is 11.9. The highest BCUT2D eigenvalue weighted by atomic mass is 32.2. The normalized spacial score (nSPS) is 12.8.